The van der Waals surface area contributed by atoms with Crippen LogP contribution in [0.2, 0.25) is 5.02 Å². The lowest BCUT2D eigenvalue weighted by Crippen LogP contribution is -2.19. The molecule has 0 amide bonds. The second kappa shape index (κ2) is 4.54. The highest BCUT2D eigenvalue weighted by atomic mass is 35.5. The summed E-state index contributed by atoms with van der Waals surface area (Å²) >= 11 is 15.4. The summed E-state index contributed by atoms with van der Waals surface area (Å²) in [6.07, 6.45) is 0. The lowest BCUT2D eigenvalue weighted by Gasteiger charge is -2.06. The van der Waals surface area contributed by atoms with Gasteiger partial charge in [0.25, 0.3) is 0 Å². The van der Waals surface area contributed by atoms with Crippen molar-refractivity contribution in [3.63, 3.8) is 0 Å². The summed E-state index contributed by atoms with van der Waals surface area (Å²) in [5.74, 6) is 0. The molecule has 0 saturated carbocycles. The average molecular weight is 246 g/mol. The number of thiocarbonyl (C=S) groups is 2. The van der Waals surface area contributed by atoms with E-state index in [1.807, 2.05) is 0 Å². The van der Waals surface area contributed by atoms with Gasteiger partial charge >= 0.3 is 0 Å². The minimum absolute atomic E-state index is 0.184. The van der Waals surface area contributed by atoms with Crippen LogP contribution in [0.4, 0.5) is 5.69 Å². The van der Waals surface area contributed by atoms with Crippen molar-refractivity contribution in [1.29, 1.82) is 0 Å². The first kappa shape index (κ1) is 11.2. The fourth-order valence-corrected chi connectivity index (χ4v) is 1.57. The zero-order chi connectivity index (χ0) is 10.7. The van der Waals surface area contributed by atoms with E-state index in [4.69, 9.17) is 35.3 Å². The summed E-state index contributed by atoms with van der Waals surface area (Å²) in [6, 6.07) is 5.13. The number of hydrogen-bond donors (Lipinski definition) is 3. The van der Waals surface area contributed by atoms with E-state index in [2.05, 4.69) is 17.5 Å². The van der Waals surface area contributed by atoms with Crippen molar-refractivity contribution in [3.8, 4) is 0 Å². The third kappa shape index (κ3) is 2.80. The summed E-state index contributed by atoms with van der Waals surface area (Å²) in [7, 11) is 0. The topological polar surface area (TPSA) is 64.1 Å². The van der Waals surface area contributed by atoms with E-state index in [0.29, 0.717) is 16.3 Å². The maximum Gasteiger partial charge on any atom is 0.168 e. The molecule has 6 heteroatoms. The monoisotopic (exact) mass is 245 g/mol. The van der Waals surface area contributed by atoms with Crippen molar-refractivity contribution >= 4 is 51.8 Å². The van der Waals surface area contributed by atoms with Crippen LogP contribution in [0.15, 0.2) is 18.2 Å². The standard InChI is InChI=1S/C8H8ClN3S2/c9-6-3-4(12-8(11)14)1-2-5(6)7(10)13/h1-3H,(H2,10,13)(H3,11,12,14). The molecule has 14 heavy (non-hydrogen) atoms. The van der Waals surface area contributed by atoms with Gasteiger partial charge in [-0.3, -0.25) is 0 Å². The maximum atomic E-state index is 5.92. The van der Waals surface area contributed by atoms with Gasteiger partial charge in [-0.05, 0) is 30.4 Å². The normalized spacial score (nSPS) is 9.50. The molecule has 1 aromatic carbocycles. The van der Waals surface area contributed by atoms with Gasteiger partial charge in [-0.25, -0.2) is 0 Å². The van der Waals surface area contributed by atoms with Crippen LogP contribution < -0.4 is 16.8 Å². The molecule has 0 aliphatic rings. The first-order valence-electron chi connectivity index (χ1n) is 3.66. The molecule has 0 aliphatic carbocycles. The van der Waals surface area contributed by atoms with Gasteiger partial charge in [0.1, 0.15) is 4.99 Å². The molecule has 1 aromatic rings. The lowest BCUT2D eigenvalue weighted by molar-refractivity contribution is 1.57. The fraction of sp³-hybridized carbons (Fsp3) is 0. The molecule has 3 nitrogen and oxygen atoms in total. The highest BCUT2D eigenvalue weighted by Crippen LogP contribution is 2.20. The number of rotatable bonds is 2. The van der Waals surface area contributed by atoms with Crippen LogP contribution in [-0.2, 0) is 0 Å². The van der Waals surface area contributed by atoms with E-state index < -0.39 is 0 Å². The van der Waals surface area contributed by atoms with Crippen LogP contribution in [0.5, 0.6) is 0 Å². The molecule has 1 rings (SSSR count). The minimum atomic E-state index is 0.184. The molecular formula is C8H8ClN3S2. The highest BCUT2D eigenvalue weighted by Gasteiger charge is 2.04. The van der Waals surface area contributed by atoms with Gasteiger partial charge in [0, 0.05) is 11.3 Å². The predicted octanol–water partition coefficient (Wildman–Crippen LogP) is 1.63. The average Bonchev–Trinajstić information content (AvgIpc) is 2.01. The van der Waals surface area contributed by atoms with Crippen LogP contribution in [0.1, 0.15) is 5.56 Å². The van der Waals surface area contributed by atoms with Gasteiger partial charge in [-0.15, -0.1) is 0 Å². The second-order valence-electron chi connectivity index (χ2n) is 2.55. The van der Waals surface area contributed by atoms with E-state index in [1.54, 1.807) is 18.2 Å². The number of halogens is 1. The Morgan fingerprint density at radius 3 is 2.36 bits per heavy atom. The summed E-state index contributed by atoms with van der Waals surface area (Å²) in [5.41, 5.74) is 12.1. The van der Waals surface area contributed by atoms with Crippen molar-refractivity contribution in [3.05, 3.63) is 28.8 Å². The second-order valence-corrected chi connectivity index (χ2v) is 3.83. The van der Waals surface area contributed by atoms with Gasteiger partial charge in [-0.2, -0.15) is 0 Å². The Hall–Kier alpha value is -0.910. The summed E-state index contributed by atoms with van der Waals surface area (Å²) < 4.78 is 0. The van der Waals surface area contributed by atoms with Crippen LogP contribution in [0.25, 0.3) is 0 Å². The molecule has 0 fully saturated rings. The molecule has 0 aromatic heterocycles. The Morgan fingerprint density at radius 2 is 1.93 bits per heavy atom. The number of nitrogens with two attached hydrogens (primary N) is 2. The molecule has 0 unspecified atom stereocenters. The third-order valence-electron chi connectivity index (χ3n) is 1.50. The van der Waals surface area contributed by atoms with Crippen LogP contribution in [0.3, 0.4) is 0 Å². The van der Waals surface area contributed by atoms with Crippen molar-refractivity contribution in [2.45, 2.75) is 0 Å². The third-order valence-corrected chi connectivity index (χ3v) is 2.14. The molecular weight excluding hydrogens is 238 g/mol. The predicted molar refractivity (Wildman–Crippen MR) is 67.7 cm³/mol. The zero-order valence-electron chi connectivity index (χ0n) is 7.08. The molecule has 0 heterocycles. The molecule has 0 bridgehead atoms. The quantitative estimate of drug-likeness (QED) is 0.692. The molecule has 0 aliphatic heterocycles. The molecule has 0 radical (unpaired) electrons. The fourth-order valence-electron chi connectivity index (χ4n) is 0.935. The van der Waals surface area contributed by atoms with Gasteiger partial charge < -0.3 is 16.8 Å². The Labute approximate surface area is 97.4 Å². The highest BCUT2D eigenvalue weighted by molar-refractivity contribution is 7.80. The largest absolute Gasteiger partial charge is 0.389 e. The van der Waals surface area contributed by atoms with Gasteiger partial charge in [0.05, 0.1) is 5.02 Å². The zero-order valence-corrected chi connectivity index (χ0v) is 9.47. The van der Waals surface area contributed by atoms with E-state index in [0.717, 1.165) is 0 Å². The van der Waals surface area contributed by atoms with Crippen LogP contribution in [-0.4, -0.2) is 10.1 Å². The maximum absolute atomic E-state index is 5.92. The van der Waals surface area contributed by atoms with E-state index >= 15 is 0 Å². The Kier molecular flexibility index (Phi) is 3.62. The van der Waals surface area contributed by atoms with Crippen molar-refractivity contribution in [2.75, 3.05) is 5.32 Å². The van der Waals surface area contributed by atoms with Crippen LogP contribution >= 0.6 is 36.0 Å². The van der Waals surface area contributed by atoms with E-state index in [9.17, 15) is 0 Å². The molecule has 0 atom stereocenters. The van der Waals surface area contributed by atoms with Crippen LogP contribution in [0, 0.1) is 0 Å². The Morgan fingerprint density at radius 1 is 1.29 bits per heavy atom. The number of benzene rings is 1. The summed E-state index contributed by atoms with van der Waals surface area (Å²) in [5, 5.41) is 3.41. The molecule has 74 valence electrons. The Bertz CT molecular complexity index is 392. The first-order chi connectivity index (χ1) is 6.50. The molecule has 5 N–H and O–H groups in total. The van der Waals surface area contributed by atoms with E-state index in [-0.39, 0.29) is 10.1 Å². The van der Waals surface area contributed by atoms with E-state index in [1.165, 1.54) is 0 Å². The molecule has 0 saturated heterocycles. The smallest absolute Gasteiger partial charge is 0.168 e. The minimum Gasteiger partial charge on any atom is -0.389 e. The van der Waals surface area contributed by atoms with Gasteiger partial charge in [0.15, 0.2) is 5.11 Å². The number of anilines is 1. The van der Waals surface area contributed by atoms with Crippen molar-refractivity contribution in [2.24, 2.45) is 11.5 Å². The van der Waals surface area contributed by atoms with Gasteiger partial charge in [-0.1, -0.05) is 23.8 Å². The number of nitrogens with one attached hydrogen (secondary N) is 1. The molecule has 0 spiro atoms. The van der Waals surface area contributed by atoms with Crippen molar-refractivity contribution in [1.82, 2.24) is 0 Å². The number of hydrogen-bond acceptors (Lipinski definition) is 2. The lowest BCUT2D eigenvalue weighted by atomic mass is 10.2. The van der Waals surface area contributed by atoms with Gasteiger partial charge in [0.2, 0.25) is 0 Å². The SMILES string of the molecule is NC(=S)Nc1ccc(C(N)=S)c(Cl)c1. The summed E-state index contributed by atoms with van der Waals surface area (Å²) in [4.78, 5) is 0.261. The summed E-state index contributed by atoms with van der Waals surface area (Å²) in [6.45, 7) is 0. The van der Waals surface area contributed by atoms with Crippen molar-refractivity contribution < 1.29 is 0 Å². The Balaban J connectivity index is 3.00. The first-order valence-corrected chi connectivity index (χ1v) is 4.86.